The number of rotatable bonds is 0. The van der Waals surface area contributed by atoms with Crippen LogP contribution in [-0.2, 0) is 4.74 Å². The van der Waals surface area contributed by atoms with Gasteiger partial charge in [0.1, 0.15) is 6.26 Å². The summed E-state index contributed by atoms with van der Waals surface area (Å²) in [4.78, 5) is 2.04. The Hall–Kier alpha value is -0.920. The molecule has 0 aromatic heterocycles. The maximum absolute atomic E-state index is 4.90. The quantitative estimate of drug-likeness (QED) is 0.456. The van der Waals surface area contributed by atoms with Gasteiger partial charge in [-0.3, -0.25) is 0 Å². The molecule has 0 fully saturated rings. The van der Waals surface area contributed by atoms with Crippen molar-refractivity contribution in [3.8, 4) is 0 Å². The average molecular weight is 108 g/mol. The highest BCUT2D eigenvalue weighted by Gasteiger charge is 2.16. The summed E-state index contributed by atoms with van der Waals surface area (Å²) in [6.45, 7) is 2.68. The highest BCUT2D eigenvalue weighted by molar-refractivity contribution is 5.25. The fourth-order valence-electron chi connectivity index (χ4n) is 0.873. The molecule has 0 saturated heterocycles. The summed E-state index contributed by atoms with van der Waals surface area (Å²) in [5.41, 5.74) is 1.16. The molecule has 41 valence electrons. The van der Waals surface area contributed by atoms with Gasteiger partial charge < -0.3 is 9.64 Å². The molecule has 0 unspecified atom stereocenters. The van der Waals surface area contributed by atoms with E-state index >= 15 is 0 Å². The van der Waals surface area contributed by atoms with Crippen molar-refractivity contribution < 1.29 is 4.74 Å². The molecule has 2 heterocycles. The summed E-state index contributed by atoms with van der Waals surface area (Å²) in [5.74, 6) is 0. The molecule has 2 aliphatic rings. The lowest BCUT2D eigenvalue weighted by Gasteiger charge is -2.06. The van der Waals surface area contributed by atoms with E-state index in [0.717, 1.165) is 12.2 Å². The molecule has 0 bridgehead atoms. The van der Waals surface area contributed by atoms with Crippen LogP contribution in [0.2, 0.25) is 0 Å². The van der Waals surface area contributed by atoms with Gasteiger partial charge in [0.25, 0.3) is 0 Å². The van der Waals surface area contributed by atoms with Crippen LogP contribution >= 0.6 is 0 Å². The largest absolute Gasteiger partial charge is 0.470 e. The molecule has 8 heavy (non-hydrogen) atoms. The summed E-state index contributed by atoms with van der Waals surface area (Å²) < 4.78 is 4.90. The van der Waals surface area contributed by atoms with Crippen LogP contribution in [0.25, 0.3) is 0 Å². The van der Waals surface area contributed by atoms with Crippen molar-refractivity contribution in [3.05, 3.63) is 30.8 Å². The number of fused-ring (bicyclic) bond motifs is 1. The third-order valence-electron chi connectivity index (χ3n) is 1.30. The number of allylic oxidation sites excluding steroid dienone is 1. The van der Waals surface area contributed by atoms with Gasteiger partial charge in [-0.05, 0) is 6.08 Å². The molecule has 0 saturated carbocycles. The van der Waals surface area contributed by atoms with E-state index in [1.807, 2.05) is 11.0 Å². The first kappa shape index (κ1) is 4.01. The Kier molecular flexibility index (Phi) is 0.640. The summed E-state index contributed by atoms with van der Waals surface area (Å²) in [5, 5.41) is 0. The predicted octanol–water partition coefficient (Wildman–Crippen LogP) is 0.849. The minimum absolute atomic E-state index is 0.964. The standard InChI is InChI=1S/C6H6NO/c1-2-6-4-8-5-7(6)3-1/h1-2,4-5H,3H2. The molecular formula is C6H6NO. The second kappa shape index (κ2) is 1.28. The zero-order valence-corrected chi connectivity index (χ0v) is 4.37. The van der Waals surface area contributed by atoms with Gasteiger partial charge in [0.05, 0.1) is 5.70 Å². The molecule has 0 atom stereocenters. The third kappa shape index (κ3) is 0.372. The van der Waals surface area contributed by atoms with E-state index < -0.39 is 0 Å². The summed E-state index contributed by atoms with van der Waals surface area (Å²) in [6.07, 6.45) is 5.89. The number of hydrogen-bond acceptors (Lipinski definition) is 2. The summed E-state index contributed by atoms with van der Waals surface area (Å²) in [7, 11) is 0. The Morgan fingerprint density at radius 1 is 1.62 bits per heavy atom. The Balaban J connectivity index is 2.31. The maximum atomic E-state index is 4.90. The molecule has 0 aromatic rings. The first-order valence-corrected chi connectivity index (χ1v) is 2.59. The highest BCUT2D eigenvalue weighted by Crippen LogP contribution is 2.20. The van der Waals surface area contributed by atoms with Crippen molar-refractivity contribution in [3.63, 3.8) is 0 Å². The Morgan fingerprint density at radius 3 is 3.50 bits per heavy atom. The van der Waals surface area contributed by atoms with Gasteiger partial charge >= 0.3 is 0 Å². The van der Waals surface area contributed by atoms with Crippen molar-refractivity contribution in [2.45, 2.75) is 0 Å². The fraction of sp³-hybridized carbons (Fsp3) is 0.167. The van der Waals surface area contributed by atoms with Crippen LogP contribution in [0.5, 0.6) is 0 Å². The normalized spacial score (nSPS) is 23.0. The fourth-order valence-corrected chi connectivity index (χ4v) is 0.873. The second-order valence-corrected chi connectivity index (χ2v) is 1.84. The highest BCUT2D eigenvalue weighted by atomic mass is 16.5. The second-order valence-electron chi connectivity index (χ2n) is 1.84. The minimum atomic E-state index is 0.964. The van der Waals surface area contributed by atoms with Gasteiger partial charge in [-0.25, -0.2) is 0 Å². The van der Waals surface area contributed by atoms with E-state index in [1.54, 1.807) is 13.0 Å². The smallest absolute Gasteiger partial charge is 0.228 e. The Labute approximate surface area is 48.0 Å². The van der Waals surface area contributed by atoms with E-state index in [2.05, 4.69) is 6.08 Å². The predicted molar refractivity (Wildman–Crippen MR) is 29.3 cm³/mol. The molecule has 2 rings (SSSR count). The summed E-state index contributed by atoms with van der Waals surface area (Å²) >= 11 is 0. The average Bonchev–Trinajstić information content (AvgIpc) is 2.15. The maximum Gasteiger partial charge on any atom is 0.228 e. The van der Waals surface area contributed by atoms with Crippen LogP contribution < -0.4 is 0 Å². The molecule has 0 spiro atoms. The molecule has 0 amide bonds. The first-order chi connectivity index (χ1) is 3.97. The van der Waals surface area contributed by atoms with Gasteiger partial charge in [0.15, 0.2) is 0 Å². The molecule has 2 aliphatic heterocycles. The summed E-state index contributed by atoms with van der Waals surface area (Å²) in [6, 6.07) is 0. The number of ether oxygens (including phenoxy) is 1. The van der Waals surface area contributed by atoms with E-state index in [4.69, 9.17) is 4.74 Å². The number of hydrogen-bond donors (Lipinski definition) is 0. The molecule has 2 heteroatoms. The molecule has 1 radical (unpaired) electrons. The Bertz CT molecular complexity index is 160. The van der Waals surface area contributed by atoms with Crippen LogP contribution in [0.1, 0.15) is 0 Å². The van der Waals surface area contributed by atoms with Crippen molar-refractivity contribution >= 4 is 0 Å². The third-order valence-corrected chi connectivity index (χ3v) is 1.30. The molecule has 2 nitrogen and oxygen atoms in total. The van der Waals surface area contributed by atoms with E-state index in [-0.39, 0.29) is 0 Å². The molecule has 0 aliphatic carbocycles. The van der Waals surface area contributed by atoms with Gasteiger partial charge in [-0.15, -0.1) is 0 Å². The zero-order valence-electron chi connectivity index (χ0n) is 4.37. The van der Waals surface area contributed by atoms with Crippen LogP contribution in [-0.4, -0.2) is 11.4 Å². The number of nitrogens with zero attached hydrogens (tertiary/aromatic N) is 1. The lowest BCUT2D eigenvalue weighted by Crippen LogP contribution is -2.09. The van der Waals surface area contributed by atoms with Crippen LogP contribution in [0.4, 0.5) is 0 Å². The van der Waals surface area contributed by atoms with Gasteiger partial charge in [0.2, 0.25) is 6.73 Å². The van der Waals surface area contributed by atoms with E-state index in [1.165, 1.54) is 0 Å². The van der Waals surface area contributed by atoms with Gasteiger partial charge in [-0.2, -0.15) is 0 Å². The van der Waals surface area contributed by atoms with E-state index in [9.17, 15) is 0 Å². The van der Waals surface area contributed by atoms with Crippen molar-refractivity contribution in [1.82, 2.24) is 4.90 Å². The van der Waals surface area contributed by atoms with Crippen LogP contribution in [0, 0.1) is 6.73 Å². The lowest BCUT2D eigenvalue weighted by atomic mass is 10.5. The van der Waals surface area contributed by atoms with Crippen molar-refractivity contribution in [2.75, 3.05) is 6.54 Å². The topological polar surface area (TPSA) is 12.5 Å². The minimum Gasteiger partial charge on any atom is -0.470 e. The van der Waals surface area contributed by atoms with E-state index in [0.29, 0.717) is 0 Å². The van der Waals surface area contributed by atoms with Gasteiger partial charge in [-0.1, -0.05) is 6.08 Å². The first-order valence-electron chi connectivity index (χ1n) is 2.59. The molecular weight excluding hydrogens is 102 g/mol. The van der Waals surface area contributed by atoms with Gasteiger partial charge in [0, 0.05) is 6.54 Å². The van der Waals surface area contributed by atoms with Crippen LogP contribution in [0.15, 0.2) is 24.1 Å². The Morgan fingerprint density at radius 2 is 2.62 bits per heavy atom. The molecule has 0 aromatic carbocycles. The van der Waals surface area contributed by atoms with Crippen LogP contribution in [0.3, 0.4) is 0 Å². The van der Waals surface area contributed by atoms with Crippen molar-refractivity contribution in [1.29, 1.82) is 0 Å². The molecule has 0 N–H and O–H groups in total. The SMILES string of the molecule is [CH]1OC=C2C=CCN12. The lowest BCUT2D eigenvalue weighted by molar-refractivity contribution is 0.269. The monoisotopic (exact) mass is 108 g/mol. The van der Waals surface area contributed by atoms with Crippen molar-refractivity contribution in [2.24, 2.45) is 0 Å². The zero-order chi connectivity index (χ0) is 5.40.